The first-order valence-electron chi connectivity index (χ1n) is 8.97. The minimum atomic E-state index is -0.751. The lowest BCUT2D eigenvalue weighted by atomic mass is 10.1. The minimum Gasteiger partial charge on any atom is -0.454 e. The number of urea groups is 1. The minimum absolute atomic E-state index is 0.0905. The number of carbonyl (C=O) groups is 2. The van der Waals surface area contributed by atoms with Crippen LogP contribution in [-0.4, -0.2) is 11.9 Å². The fraction of sp³-hybridized carbons (Fsp3) is 0.0909. The molecule has 0 fully saturated rings. The third-order valence-corrected chi connectivity index (χ3v) is 5.43. The van der Waals surface area contributed by atoms with Gasteiger partial charge in [-0.2, -0.15) is 0 Å². The molecule has 0 bridgehead atoms. The van der Waals surface area contributed by atoms with Crippen LogP contribution in [0.4, 0.5) is 14.9 Å². The Bertz CT molecular complexity index is 1180. The molecular weight excluding hydrogens is 466 g/mol. The second kappa shape index (κ2) is 9.56. The van der Waals surface area contributed by atoms with E-state index in [4.69, 9.17) is 39.5 Å². The van der Waals surface area contributed by atoms with E-state index in [0.29, 0.717) is 22.6 Å². The summed E-state index contributed by atoms with van der Waals surface area (Å²) in [5.41, 5.74) is 1.64. The predicted octanol–water partition coefficient (Wildman–Crippen LogP) is 7.16. The van der Waals surface area contributed by atoms with Gasteiger partial charge in [0.25, 0.3) is 5.91 Å². The van der Waals surface area contributed by atoms with Gasteiger partial charge in [-0.05, 0) is 61.4 Å². The van der Waals surface area contributed by atoms with Crippen LogP contribution >= 0.6 is 34.8 Å². The highest BCUT2D eigenvalue weighted by molar-refractivity contribution is 6.34. The zero-order chi connectivity index (χ0) is 22.7. The number of hydrogen-bond acceptors (Lipinski definition) is 3. The number of benzene rings is 3. The fourth-order valence-corrected chi connectivity index (χ4v) is 3.46. The molecule has 160 valence electrons. The summed E-state index contributed by atoms with van der Waals surface area (Å²) >= 11 is 18.4. The van der Waals surface area contributed by atoms with E-state index < -0.39 is 17.8 Å². The molecule has 5 nitrogen and oxygen atoms in total. The van der Waals surface area contributed by atoms with Crippen LogP contribution in [0.2, 0.25) is 15.1 Å². The SMILES string of the molecule is Cc1cc(NC(=O)NC(=O)c2ccccc2Cl)c(C)c(Cl)c1Oc1ccc(F)cc1Cl. The first-order chi connectivity index (χ1) is 14.7. The Balaban J connectivity index is 1.79. The Hall–Kier alpha value is -2.80. The molecule has 3 aromatic carbocycles. The first-order valence-corrected chi connectivity index (χ1v) is 10.1. The zero-order valence-electron chi connectivity index (χ0n) is 16.4. The standard InChI is InChI=1S/C22H16Cl3FN2O3/c1-11-9-17(27-22(30)28-21(29)14-5-3-4-6-15(14)23)12(2)19(25)20(11)31-18-8-7-13(26)10-16(18)24/h3-10H,1-2H3,(H2,27,28,29,30). The number of halogens is 4. The molecule has 0 aliphatic heterocycles. The largest absolute Gasteiger partial charge is 0.454 e. The Morgan fingerprint density at radius 3 is 2.35 bits per heavy atom. The lowest BCUT2D eigenvalue weighted by Crippen LogP contribution is -2.34. The van der Waals surface area contributed by atoms with Gasteiger partial charge >= 0.3 is 6.03 Å². The Labute approximate surface area is 193 Å². The van der Waals surface area contributed by atoms with Gasteiger partial charge in [0, 0.05) is 5.69 Å². The van der Waals surface area contributed by atoms with Crippen LogP contribution in [0, 0.1) is 19.7 Å². The van der Waals surface area contributed by atoms with Crippen molar-refractivity contribution in [2.45, 2.75) is 13.8 Å². The molecule has 9 heteroatoms. The summed E-state index contributed by atoms with van der Waals surface area (Å²) in [6, 6.07) is 11.0. The van der Waals surface area contributed by atoms with Gasteiger partial charge in [0.05, 0.1) is 20.6 Å². The highest BCUT2D eigenvalue weighted by atomic mass is 35.5. The third kappa shape index (κ3) is 5.28. The van der Waals surface area contributed by atoms with Crippen LogP contribution in [-0.2, 0) is 0 Å². The monoisotopic (exact) mass is 480 g/mol. The third-order valence-electron chi connectivity index (χ3n) is 4.35. The average molecular weight is 482 g/mol. The van der Waals surface area contributed by atoms with Gasteiger partial charge in [-0.15, -0.1) is 0 Å². The van der Waals surface area contributed by atoms with Gasteiger partial charge in [0.1, 0.15) is 17.3 Å². The molecule has 3 aromatic rings. The number of hydrogen-bond donors (Lipinski definition) is 2. The molecule has 0 spiro atoms. The quantitative estimate of drug-likeness (QED) is 0.415. The number of anilines is 1. The molecule has 0 saturated heterocycles. The summed E-state index contributed by atoms with van der Waals surface area (Å²) in [5, 5.41) is 5.36. The normalized spacial score (nSPS) is 10.5. The fourth-order valence-electron chi connectivity index (χ4n) is 2.74. The summed E-state index contributed by atoms with van der Waals surface area (Å²) in [6.07, 6.45) is 0. The van der Waals surface area contributed by atoms with Gasteiger partial charge in [-0.25, -0.2) is 9.18 Å². The van der Waals surface area contributed by atoms with E-state index >= 15 is 0 Å². The molecule has 3 rings (SSSR count). The van der Waals surface area contributed by atoms with Crippen molar-refractivity contribution in [3.8, 4) is 11.5 Å². The molecule has 0 radical (unpaired) electrons. The first kappa shape index (κ1) is 22.9. The summed E-state index contributed by atoms with van der Waals surface area (Å²) in [6.45, 7) is 3.39. The molecule has 31 heavy (non-hydrogen) atoms. The molecule has 0 saturated carbocycles. The second-order valence-electron chi connectivity index (χ2n) is 6.57. The van der Waals surface area contributed by atoms with E-state index in [9.17, 15) is 14.0 Å². The lowest BCUT2D eigenvalue weighted by Gasteiger charge is -2.17. The van der Waals surface area contributed by atoms with Gasteiger partial charge in [0.15, 0.2) is 0 Å². The zero-order valence-corrected chi connectivity index (χ0v) is 18.6. The maximum Gasteiger partial charge on any atom is 0.326 e. The maximum absolute atomic E-state index is 13.3. The van der Waals surface area contributed by atoms with Crippen molar-refractivity contribution in [2.75, 3.05) is 5.32 Å². The van der Waals surface area contributed by atoms with Crippen molar-refractivity contribution in [1.82, 2.24) is 5.32 Å². The van der Waals surface area contributed by atoms with Crippen LogP contribution in [0.1, 0.15) is 21.5 Å². The van der Waals surface area contributed by atoms with Crippen molar-refractivity contribution >= 4 is 52.4 Å². The second-order valence-corrected chi connectivity index (χ2v) is 7.77. The van der Waals surface area contributed by atoms with Crippen molar-refractivity contribution in [3.05, 3.63) is 86.1 Å². The predicted molar refractivity (Wildman–Crippen MR) is 120 cm³/mol. The average Bonchev–Trinajstić information content (AvgIpc) is 2.70. The van der Waals surface area contributed by atoms with E-state index in [0.717, 1.165) is 6.07 Å². The Morgan fingerprint density at radius 1 is 0.968 bits per heavy atom. The lowest BCUT2D eigenvalue weighted by molar-refractivity contribution is 0.0967. The highest BCUT2D eigenvalue weighted by Gasteiger charge is 2.18. The van der Waals surface area contributed by atoms with Crippen molar-refractivity contribution in [3.63, 3.8) is 0 Å². The van der Waals surface area contributed by atoms with Crippen molar-refractivity contribution in [1.29, 1.82) is 0 Å². The topological polar surface area (TPSA) is 67.4 Å². The molecule has 0 atom stereocenters. The number of carbonyl (C=O) groups excluding carboxylic acids is 2. The van der Waals surface area contributed by atoms with E-state index in [1.165, 1.54) is 18.2 Å². The summed E-state index contributed by atoms with van der Waals surface area (Å²) in [7, 11) is 0. The molecule has 2 N–H and O–H groups in total. The van der Waals surface area contributed by atoms with E-state index in [-0.39, 0.29) is 26.4 Å². The molecular formula is C22H16Cl3FN2O3. The van der Waals surface area contributed by atoms with E-state index in [1.54, 1.807) is 38.1 Å². The number of nitrogens with one attached hydrogen (secondary N) is 2. The van der Waals surface area contributed by atoms with Crippen LogP contribution < -0.4 is 15.4 Å². The Morgan fingerprint density at radius 2 is 1.68 bits per heavy atom. The van der Waals surface area contributed by atoms with Crippen LogP contribution in [0.15, 0.2) is 48.5 Å². The molecule has 3 amide bonds. The summed E-state index contributed by atoms with van der Waals surface area (Å²) in [4.78, 5) is 24.6. The number of rotatable bonds is 4. The smallest absolute Gasteiger partial charge is 0.326 e. The Kier molecular flexibility index (Phi) is 7.05. The van der Waals surface area contributed by atoms with Gasteiger partial charge in [0.2, 0.25) is 0 Å². The van der Waals surface area contributed by atoms with Crippen molar-refractivity contribution in [2.24, 2.45) is 0 Å². The molecule has 0 unspecified atom stereocenters. The van der Waals surface area contributed by atoms with E-state index in [2.05, 4.69) is 10.6 Å². The molecule has 0 heterocycles. The van der Waals surface area contributed by atoms with Gasteiger partial charge in [-0.3, -0.25) is 10.1 Å². The molecule has 0 aliphatic carbocycles. The van der Waals surface area contributed by atoms with Crippen molar-refractivity contribution < 1.29 is 18.7 Å². The summed E-state index contributed by atoms with van der Waals surface area (Å²) < 4.78 is 19.0. The molecule has 0 aromatic heterocycles. The van der Waals surface area contributed by atoms with Gasteiger partial charge in [-0.1, -0.05) is 46.9 Å². The van der Waals surface area contributed by atoms with Crippen LogP contribution in [0.3, 0.4) is 0 Å². The van der Waals surface area contributed by atoms with Crippen LogP contribution in [0.25, 0.3) is 0 Å². The maximum atomic E-state index is 13.3. The number of ether oxygens (including phenoxy) is 1. The molecule has 0 aliphatic rings. The number of aryl methyl sites for hydroxylation is 1. The van der Waals surface area contributed by atoms with Crippen LogP contribution in [0.5, 0.6) is 11.5 Å². The number of amides is 3. The van der Waals surface area contributed by atoms with E-state index in [1.807, 2.05) is 0 Å². The highest BCUT2D eigenvalue weighted by Crippen LogP contribution is 2.40. The van der Waals surface area contributed by atoms with Gasteiger partial charge < -0.3 is 10.1 Å². The number of imide groups is 1. The summed E-state index contributed by atoms with van der Waals surface area (Å²) in [5.74, 6) is -0.593.